The second-order valence-electron chi connectivity index (χ2n) is 7.89. The van der Waals surface area contributed by atoms with Crippen LogP contribution in [0.25, 0.3) is 5.69 Å². The van der Waals surface area contributed by atoms with Gasteiger partial charge in [0.2, 0.25) is 0 Å². The predicted molar refractivity (Wildman–Crippen MR) is 113 cm³/mol. The Hall–Kier alpha value is -3.41. The zero-order chi connectivity index (χ0) is 20.7. The lowest BCUT2D eigenvalue weighted by molar-refractivity contribution is -0.126. The number of benzene rings is 2. The average molecular weight is 401 g/mol. The van der Waals surface area contributed by atoms with Crippen LogP contribution in [0.4, 0.5) is 5.69 Å². The first-order chi connectivity index (χ1) is 14.6. The molecule has 6 nitrogen and oxygen atoms in total. The maximum Gasteiger partial charge on any atom is 0.357 e. The van der Waals surface area contributed by atoms with Crippen molar-refractivity contribution in [3.63, 3.8) is 0 Å². The van der Waals surface area contributed by atoms with E-state index < -0.39 is 12.1 Å². The van der Waals surface area contributed by atoms with Crippen LogP contribution in [-0.4, -0.2) is 34.3 Å². The fraction of sp³-hybridized carbons (Fsp3) is 0.292. The van der Waals surface area contributed by atoms with Gasteiger partial charge < -0.3 is 9.64 Å². The lowest BCUT2D eigenvalue weighted by Crippen LogP contribution is -2.39. The zero-order valence-corrected chi connectivity index (χ0v) is 16.8. The number of ether oxygens (including phenoxy) is 1. The monoisotopic (exact) mass is 401 g/mol. The fourth-order valence-corrected chi connectivity index (χ4v) is 3.95. The van der Waals surface area contributed by atoms with Crippen molar-refractivity contribution < 1.29 is 14.3 Å². The van der Waals surface area contributed by atoms with Crippen molar-refractivity contribution in [3.8, 4) is 5.69 Å². The number of anilines is 1. The largest absolute Gasteiger partial charge is 0.448 e. The third-order valence-corrected chi connectivity index (χ3v) is 5.72. The van der Waals surface area contributed by atoms with Gasteiger partial charge in [-0.25, -0.2) is 9.48 Å². The van der Waals surface area contributed by atoms with Crippen molar-refractivity contribution in [2.45, 2.75) is 38.2 Å². The summed E-state index contributed by atoms with van der Waals surface area (Å²) in [7, 11) is 0. The first-order valence-corrected chi connectivity index (χ1v) is 10.4. The number of rotatable bonds is 5. The molecule has 1 aliphatic carbocycles. The Morgan fingerprint density at radius 1 is 1.07 bits per heavy atom. The molecule has 3 aromatic rings. The van der Waals surface area contributed by atoms with Crippen molar-refractivity contribution in [1.29, 1.82) is 0 Å². The van der Waals surface area contributed by atoms with Crippen molar-refractivity contribution in [2.24, 2.45) is 0 Å². The third kappa shape index (κ3) is 3.38. The van der Waals surface area contributed by atoms with E-state index in [1.165, 1.54) is 0 Å². The van der Waals surface area contributed by atoms with Crippen LogP contribution in [0.3, 0.4) is 0 Å². The first kappa shape index (κ1) is 18.6. The topological polar surface area (TPSA) is 64.4 Å². The van der Waals surface area contributed by atoms with Gasteiger partial charge in [0.25, 0.3) is 5.91 Å². The highest BCUT2D eigenvalue weighted by molar-refractivity contribution is 6.00. The Balaban J connectivity index is 1.37. The number of nitrogens with zero attached hydrogens (tertiary/aromatic N) is 3. The quantitative estimate of drug-likeness (QED) is 0.609. The molecule has 1 amide bonds. The molecular formula is C24H23N3O3. The predicted octanol–water partition coefficient (Wildman–Crippen LogP) is 3.88. The number of hydrogen-bond acceptors (Lipinski definition) is 4. The van der Waals surface area contributed by atoms with Crippen LogP contribution < -0.4 is 4.90 Å². The fourth-order valence-electron chi connectivity index (χ4n) is 3.95. The van der Waals surface area contributed by atoms with E-state index in [0.29, 0.717) is 18.2 Å². The first-order valence-electron chi connectivity index (χ1n) is 10.4. The van der Waals surface area contributed by atoms with Gasteiger partial charge in [0.05, 0.1) is 11.4 Å². The van der Waals surface area contributed by atoms with Gasteiger partial charge in [-0.05, 0) is 56.0 Å². The molecule has 1 aromatic heterocycles. The zero-order valence-electron chi connectivity index (χ0n) is 16.8. The van der Waals surface area contributed by atoms with Gasteiger partial charge in [-0.15, -0.1) is 0 Å². The molecule has 0 N–H and O–H groups in total. The van der Waals surface area contributed by atoms with E-state index in [-0.39, 0.29) is 5.91 Å². The normalized spacial score (nSPS) is 16.2. The Morgan fingerprint density at radius 3 is 2.57 bits per heavy atom. The van der Waals surface area contributed by atoms with E-state index in [2.05, 4.69) is 5.10 Å². The maximum atomic E-state index is 13.0. The van der Waals surface area contributed by atoms with Gasteiger partial charge in [-0.3, -0.25) is 4.79 Å². The number of para-hydroxylation sites is 2. The molecular weight excluding hydrogens is 378 g/mol. The summed E-state index contributed by atoms with van der Waals surface area (Å²) in [5.41, 5.74) is 4.09. The molecule has 0 bridgehead atoms. The maximum absolute atomic E-state index is 13.0. The van der Waals surface area contributed by atoms with Gasteiger partial charge in [-0.2, -0.15) is 5.10 Å². The number of esters is 1. The van der Waals surface area contributed by atoms with Crippen LogP contribution in [0.15, 0.2) is 60.7 Å². The van der Waals surface area contributed by atoms with Crippen LogP contribution in [0.1, 0.15) is 47.4 Å². The smallest absolute Gasteiger partial charge is 0.357 e. The Morgan fingerprint density at radius 2 is 1.80 bits per heavy atom. The Bertz CT molecular complexity index is 1100. The molecule has 2 aromatic carbocycles. The molecule has 0 saturated heterocycles. The molecule has 152 valence electrons. The van der Waals surface area contributed by atoms with Gasteiger partial charge in [0.15, 0.2) is 11.8 Å². The highest BCUT2D eigenvalue weighted by Crippen LogP contribution is 2.40. The molecule has 1 atom stereocenters. The SMILES string of the molecule is C[C@H](OC(=O)c1cc(C2CC2)nn1-c1ccccc1)C(=O)N1CCc2ccccc21. The van der Waals surface area contributed by atoms with Crippen molar-refractivity contribution in [3.05, 3.63) is 77.6 Å². The highest BCUT2D eigenvalue weighted by atomic mass is 16.5. The minimum atomic E-state index is -0.882. The molecule has 2 aliphatic rings. The van der Waals surface area contributed by atoms with Crippen LogP contribution in [0.5, 0.6) is 0 Å². The second-order valence-corrected chi connectivity index (χ2v) is 7.89. The lowest BCUT2D eigenvalue weighted by Gasteiger charge is -2.21. The summed E-state index contributed by atoms with van der Waals surface area (Å²) in [6.45, 7) is 2.24. The van der Waals surface area contributed by atoms with E-state index in [1.807, 2.05) is 54.6 Å². The van der Waals surface area contributed by atoms with Crippen LogP contribution in [0.2, 0.25) is 0 Å². The molecule has 0 spiro atoms. The van der Waals surface area contributed by atoms with Crippen molar-refractivity contribution in [2.75, 3.05) is 11.4 Å². The molecule has 0 radical (unpaired) electrons. The van der Waals surface area contributed by atoms with Crippen LogP contribution >= 0.6 is 0 Å². The summed E-state index contributed by atoms with van der Waals surface area (Å²) in [6, 6.07) is 19.2. The number of carbonyl (C=O) groups excluding carboxylic acids is 2. The third-order valence-electron chi connectivity index (χ3n) is 5.72. The Labute approximate surface area is 175 Å². The summed E-state index contributed by atoms with van der Waals surface area (Å²) in [4.78, 5) is 27.7. The van der Waals surface area contributed by atoms with Crippen LogP contribution in [0, 0.1) is 0 Å². The van der Waals surface area contributed by atoms with E-state index in [9.17, 15) is 9.59 Å². The summed E-state index contributed by atoms with van der Waals surface area (Å²) in [5.74, 6) is -0.338. The van der Waals surface area contributed by atoms with E-state index in [1.54, 1.807) is 22.6 Å². The lowest BCUT2D eigenvalue weighted by atomic mass is 10.2. The van der Waals surface area contributed by atoms with Crippen molar-refractivity contribution >= 4 is 17.6 Å². The molecule has 2 heterocycles. The standard InChI is InChI=1S/C24H23N3O3/c1-16(23(28)26-14-13-18-7-5-6-10-21(18)26)30-24(29)22-15-20(17-11-12-17)25-27(22)19-8-3-2-4-9-19/h2-10,15-17H,11-14H2,1H3/t16-/m0/s1. The van der Waals surface area contributed by atoms with E-state index >= 15 is 0 Å². The summed E-state index contributed by atoms with van der Waals surface area (Å²) < 4.78 is 7.23. The molecule has 1 saturated carbocycles. The second kappa shape index (κ2) is 7.44. The highest BCUT2D eigenvalue weighted by Gasteiger charge is 2.33. The molecule has 0 unspecified atom stereocenters. The molecule has 1 aliphatic heterocycles. The number of fused-ring (bicyclic) bond motifs is 1. The van der Waals surface area contributed by atoms with E-state index in [0.717, 1.165) is 41.9 Å². The number of carbonyl (C=O) groups is 2. The van der Waals surface area contributed by atoms with E-state index in [4.69, 9.17) is 4.74 Å². The minimum Gasteiger partial charge on any atom is -0.448 e. The molecule has 1 fully saturated rings. The summed E-state index contributed by atoms with van der Waals surface area (Å²) in [6.07, 6.45) is 2.11. The minimum absolute atomic E-state index is 0.207. The van der Waals surface area contributed by atoms with Gasteiger partial charge >= 0.3 is 5.97 Å². The van der Waals surface area contributed by atoms with Crippen LogP contribution in [-0.2, 0) is 16.0 Å². The average Bonchev–Trinajstić information content (AvgIpc) is 3.38. The van der Waals surface area contributed by atoms with Gasteiger partial charge in [0.1, 0.15) is 0 Å². The van der Waals surface area contributed by atoms with Crippen molar-refractivity contribution in [1.82, 2.24) is 9.78 Å². The molecule has 30 heavy (non-hydrogen) atoms. The van der Waals surface area contributed by atoms with Gasteiger partial charge in [0, 0.05) is 18.2 Å². The number of hydrogen-bond donors (Lipinski definition) is 0. The molecule has 5 rings (SSSR count). The summed E-state index contributed by atoms with van der Waals surface area (Å²) >= 11 is 0. The van der Waals surface area contributed by atoms with Gasteiger partial charge in [-0.1, -0.05) is 36.4 Å². The molecule has 6 heteroatoms. The summed E-state index contributed by atoms with van der Waals surface area (Å²) in [5, 5.41) is 4.64. The Kier molecular flexibility index (Phi) is 4.62. The number of amides is 1. The number of aromatic nitrogens is 2.